The number of nitrogens with zero attached hydrogens (tertiary/aromatic N) is 1. The maximum absolute atomic E-state index is 13.9. The molecule has 0 unspecified atom stereocenters. The maximum atomic E-state index is 13.9. The van der Waals surface area contributed by atoms with E-state index >= 15 is 0 Å². The number of benzene rings is 3. The van der Waals surface area contributed by atoms with Gasteiger partial charge in [-0.05, 0) is 48.4 Å². The number of rotatable bonds is 6. The van der Waals surface area contributed by atoms with Crippen molar-refractivity contribution in [1.29, 1.82) is 0 Å². The van der Waals surface area contributed by atoms with Gasteiger partial charge in [0.1, 0.15) is 17.7 Å². The van der Waals surface area contributed by atoms with Gasteiger partial charge in [0.15, 0.2) is 11.5 Å². The highest BCUT2D eigenvalue weighted by atomic mass is 19.1. The Bertz CT molecular complexity index is 1100. The molecule has 5 nitrogen and oxygen atoms in total. The van der Waals surface area contributed by atoms with Gasteiger partial charge in [0.25, 0.3) is 0 Å². The summed E-state index contributed by atoms with van der Waals surface area (Å²) in [5.41, 5.74) is 3.19. The summed E-state index contributed by atoms with van der Waals surface area (Å²) in [7, 11) is 1.62. The average molecular weight is 420 g/mol. The first-order valence-corrected chi connectivity index (χ1v) is 10.3. The molecule has 160 valence electrons. The molecule has 0 amide bonds. The van der Waals surface area contributed by atoms with Crippen molar-refractivity contribution in [2.75, 3.05) is 13.7 Å². The van der Waals surface area contributed by atoms with Gasteiger partial charge in [-0.15, -0.1) is 0 Å². The summed E-state index contributed by atoms with van der Waals surface area (Å²) in [6.07, 6.45) is 0.0769. The third-order valence-electron chi connectivity index (χ3n) is 5.31. The maximum Gasteiger partial charge on any atom is 0.162 e. The van der Waals surface area contributed by atoms with Gasteiger partial charge in [-0.2, -0.15) is 0 Å². The van der Waals surface area contributed by atoms with Crippen LogP contribution in [0.5, 0.6) is 17.2 Å². The van der Waals surface area contributed by atoms with E-state index in [1.54, 1.807) is 19.2 Å². The minimum atomic E-state index is -0.467. The van der Waals surface area contributed by atoms with Crippen molar-refractivity contribution < 1.29 is 19.0 Å². The van der Waals surface area contributed by atoms with Gasteiger partial charge in [0, 0.05) is 23.7 Å². The number of halogens is 1. The summed E-state index contributed by atoms with van der Waals surface area (Å²) in [6.45, 7) is 2.33. The molecule has 4 rings (SSSR count). The molecule has 1 aliphatic heterocycles. The molecule has 0 saturated carbocycles. The van der Waals surface area contributed by atoms with Crippen LogP contribution in [0.25, 0.3) is 0 Å². The van der Waals surface area contributed by atoms with E-state index in [2.05, 4.69) is 5.32 Å². The first-order chi connectivity index (χ1) is 15.1. The monoisotopic (exact) mass is 420 g/mol. The molecule has 0 spiro atoms. The largest absolute Gasteiger partial charge is 0.504 e. The van der Waals surface area contributed by atoms with E-state index in [9.17, 15) is 9.50 Å². The second kappa shape index (κ2) is 9.18. The molecule has 1 heterocycles. The molecule has 2 atom stereocenters. The van der Waals surface area contributed by atoms with Gasteiger partial charge < -0.3 is 14.6 Å². The first kappa shape index (κ1) is 20.9. The third-order valence-corrected chi connectivity index (χ3v) is 5.31. The second-order valence-electron chi connectivity index (χ2n) is 7.32. The molecule has 0 aliphatic carbocycles. The van der Waals surface area contributed by atoms with Crippen LogP contribution in [0.1, 0.15) is 42.2 Å². The highest BCUT2D eigenvalue weighted by Gasteiger charge is 2.28. The van der Waals surface area contributed by atoms with Crippen LogP contribution in [0.2, 0.25) is 0 Å². The van der Waals surface area contributed by atoms with Crippen LogP contribution >= 0.6 is 0 Å². The standard InChI is InChI=1S/C25H25FN2O3/c1-3-31-23-12-6-11-20(24(23)29)22-15-21(16-7-5-10-19(14-16)30-2)27-25(28-22)17-8-4-9-18(26)13-17/h4-14,22,25,28-29H,3,15H2,1-2H3/t22-,25+/m1/s1. The Morgan fingerprint density at radius 3 is 2.68 bits per heavy atom. The first-order valence-electron chi connectivity index (χ1n) is 10.3. The zero-order valence-electron chi connectivity index (χ0n) is 17.5. The average Bonchev–Trinajstić information content (AvgIpc) is 2.80. The molecular formula is C25H25FN2O3. The lowest BCUT2D eigenvalue weighted by molar-refractivity contribution is 0.313. The number of para-hydroxylation sites is 1. The lowest BCUT2D eigenvalue weighted by Crippen LogP contribution is -2.33. The summed E-state index contributed by atoms with van der Waals surface area (Å²) in [6, 6.07) is 19.3. The van der Waals surface area contributed by atoms with E-state index in [1.165, 1.54) is 12.1 Å². The number of aromatic hydroxyl groups is 1. The molecule has 31 heavy (non-hydrogen) atoms. The van der Waals surface area contributed by atoms with Crippen LogP contribution in [0.3, 0.4) is 0 Å². The van der Waals surface area contributed by atoms with Gasteiger partial charge in [0.2, 0.25) is 0 Å². The number of phenolic OH excluding ortho intramolecular Hbond substituents is 1. The van der Waals surface area contributed by atoms with Crippen molar-refractivity contribution in [2.45, 2.75) is 25.6 Å². The van der Waals surface area contributed by atoms with Crippen LogP contribution in [0.4, 0.5) is 4.39 Å². The van der Waals surface area contributed by atoms with Crippen LogP contribution < -0.4 is 14.8 Å². The fraction of sp³-hybridized carbons (Fsp3) is 0.240. The summed E-state index contributed by atoms with van der Waals surface area (Å²) in [4.78, 5) is 4.87. The van der Waals surface area contributed by atoms with E-state index in [4.69, 9.17) is 14.5 Å². The Morgan fingerprint density at radius 2 is 1.90 bits per heavy atom. The van der Waals surface area contributed by atoms with Gasteiger partial charge >= 0.3 is 0 Å². The molecule has 1 aliphatic rings. The summed E-state index contributed by atoms with van der Waals surface area (Å²) in [5, 5.41) is 14.3. The molecule has 0 aromatic heterocycles. The number of hydrogen-bond donors (Lipinski definition) is 2. The molecule has 0 bridgehead atoms. The van der Waals surface area contributed by atoms with Crippen LogP contribution in [0, 0.1) is 5.82 Å². The van der Waals surface area contributed by atoms with Crippen LogP contribution in [0.15, 0.2) is 71.7 Å². The molecule has 3 aromatic carbocycles. The Labute approximate surface area is 181 Å². The SMILES string of the molecule is CCOc1cccc([C@H]2CC(c3cccc(OC)c3)=N[C@H](c3cccc(F)c3)N2)c1O. The van der Waals surface area contributed by atoms with Crippen molar-refractivity contribution in [3.63, 3.8) is 0 Å². The molecule has 6 heteroatoms. The number of hydrogen-bond acceptors (Lipinski definition) is 5. The summed E-state index contributed by atoms with van der Waals surface area (Å²) < 4.78 is 24.8. The zero-order chi connectivity index (χ0) is 21.8. The lowest BCUT2D eigenvalue weighted by Gasteiger charge is -2.31. The second-order valence-corrected chi connectivity index (χ2v) is 7.32. The number of aliphatic imine (C=N–C) groups is 1. The molecule has 3 aromatic rings. The highest BCUT2D eigenvalue weighted by molar-refractivity contribution is 6.02. The van der Waals surface area contributed by atoms with Crippen LogP contribution in [-0.2, 0) is 0 Å². The molecular weight excluding hydrogens is 395 g/mol. The number of ether oxygens (including phenoxy) is 2. The number of nitrogens with one attached hydrogen (secondary N) is 1. The Hall–Kier alpha value is -3.38. The molecule has 0 fully saturated rings. The van der Waals surface area contributed by atoms with Crippen molar-refractivity contribution in [3.8, 4) is 17.2 Å². The Balaban J connectivity index is 1.77. The van der Waals surface area contributed by atoms with Gasteiger partial charge in [-0.25, -0.2) is 4.39 Å². The summed E-state index contributed by atoms with van der Waals surface area (Å²) >= 11 is 0. The van der Waals surface area contributed by atoms with Crippen molar-refractivity contribution in [2.24, 2.45) is 4.99 Å². The fourth-order valence-electron chi connectivity index (χ4n) is 3.82. The van der Waals surface area contributed by atoms with Crippen LogP contribution in [-0.4, -0.2) is 24.5 Å². The van der Waals surface area contributed by atoms with Gasteiger partial charge in [-0.3, -0.25) is 10.3 Å². The Morgan fingerprint density at radius 1 is 1.10 bits per heavy atom. The van der Waals surface area contributed by atoms with Gasteiger partial charge in [0.05, 0.1) is 13.7 Å². The number of methoxy groups -OCH3 is 1. The van der Waals surface area contributed by atoms with E-state index < -0.39 is 6.17 Å². The lowest BCUT2D eigenvalue weighted by atomic mass is 9.93. The predicted octanol–water partition coefficient (Wildman–Crippen LogP) is 5.16. The minimum absolute atomic E-state index is 0.103. The molecule has 0 saturated heterocycles. The van der Waals surface area contributed by atoms with Crippen molar-refractivity contribution in [1.82, 2.24) is 5.32 Å². The zero-order valence-corrected chi connectivity index (χ0v) is 17.5. The van der Waals surface area contributed by atoms with Crippen molar-refractivity contribution in [3.05, 3.63) is 89.2 Å². The fourth-order valence-corrected chi connectivity index (χ4v) is 3.82. The van der Waals surface area contributed by atoms with Crippen molar-refractivity contribution >= 4 is 5.71 Å². The normalized spacial score (nSPS) is 18.4. The van der Waals surface area contributed by atoms with E-state index in [-0.39, 0.29) is 17.6 Å². The topological polar surface area (TPSA) is 63.1 Å². The third kappa shape index (κ3) is 4.54. The van der Waals surface area contributed by atoms with E-state index in [0.717, 1.165) is 17.0 Å². The minimum Gasteiger partial charge on any atom is -0.504 e. The van der Waals surface area contributed by atoms with Gasteiger partial charge in [-0.1, -0.05) is 36.4 Å². The van der Waals surface area contributed by atoms with E-state index in [1.807, 2.05) is 49.4 Å². The summed E-state index contributed by atoms with van der Waals surface area (Å²) in [5.74, 6) is 0.959. The highest BCUT2D eigenvalue weighted by Crippen LogP contribution is 2.39. The predicted molar refractivity (Wildman–Crippen MR) is 118 cm³/mol. The molecule has 2 N–H and O–H groups in total. The number of phenols is 1. The van der Waals surface area contributed by atoms with E-state index in [0.29, 0.717) is 29.9 Å². The molecule has 0 radical (unpaired) electrons. The quantitative estimate of drug-likeness (QED) is 0.578. The smallest absolute Gasteiger partial charge is 0.162 e. The Kier molecular flexibility index (Phi) is 6.18.